The lowest BCUT2D eigenvalue weighted by Crippen LogP contribution is -2.49. The minimum Gasteiger partial charge on any atom is -0.410 e. The van der Waals surface area contributed by atoms with E-state index in [-0.39, 0.29) is 23.2 Å². The van der Waals surface area contributed by atoms with Crippen molar-refractivity contribution in [2.24, 2.45) is 5.92 Å². The Kier molecular flexibility index (Phi) is 11.2. The molecule has 0 heterocycles. The fourth-order valence-electron chi connectivity index (χ4n) is 2.43. The van der Waals surface area contributed by atoms with E-state index in [1.54, 1.807) is 7.11 Å². The molecule has 0 amide bonds. The van der Waals surface area contributed by atoms with Gasteiger partial charge in [-0.1, -0.05) is 45.4 Å². The molecule has 0 saturated heterocycles. The molecule has 0 unspecified atom stereocenters. The molecule has 0 spiro atoms. The van der Waals surface area contributed by atoms with Gasteiger partial charge in [0.05, 0.1) is 19.3 Å². The van der Waals surface area contributed by atoms with Gasteiger partial charge in [-0.2, -0.15) is 0 Å². The van der Waals surface area contributed by atoms with E-state index in [9.17, 15) is 0 Å². The number of likely N-dealkylation sites (N-methyl/N-ethyl adjacent to an activating group) is 1. The largest absolute Gasteiger partial charge is 0.410 e. The molecule has 0 bridgehead atoms. The number of hydrogen-bond donors (Lipinski definition) is 0. The second-order valence-electron chi connectivity index (χ2n) is 9.01. The molecular formula is C21H43NO3Si. The first kappa shape index (κ1) is 25.5. The van der Waals surface area contributed by atoms with Crippen LogP contribution in [0.25, 0.3) is 0 Å². The Labute approximate surface area is 163 Å². The second kappa shape index (κ2) is 11.4. The maximum absolute atomic E-state index is 6.72. The molecule has 154 valence electrons. The standard InChI is InChI=1S/C21H43NO3Si/c1-12-19(23-9)20(25-26(10,11)21(4,5)6)18(3)15-17(2)16-24-14-13-22(7)8/h12,15,18-20H,1,13-14,16H2,2-11H3/b17-15-/t18-,19+,20+/m1/s1. The molecule has 0 aliphatic carbocycles. The van der Waals surface area contributed by atoms with Crippen LogP contribution in [0.5, 0.6) is 0 Å². The molecule has 3 atom stereocenters. The van der Waals surface area contributed by atoms with E-state index < -0.39 is 8.32 Å². The smallest absolute Gasteiger partial charge is 0.192 e. The quantitative estimate of drug-likeness (QED) is 0.276. The van der Waals surface area contributed by atoms with Gasteiger partial charge in [-0.3, -0.25) is 0 Å². The average Bonchev–Trinajstić information content (AvgIpc) is 2.50. The van der Waals surface area contributed by atoms with Crippen molar-refractivity contribution in [2.45, 2.75) is 65.0 Å². The first-order valence-electron chi connectivity index (χ1n) is 9.58. The highest BCUT2D eigenvalue weighted by Crippen LogP contribution is 2.39. The lowest BCUT2D eigenvalue weighted by Gasteiger charge is -2.42. The predicted molar refractivity (Wildman–Crippen MR) is 115 cm³/mol. The van der Waals surface area contributed by atoms with E-state index in [1.165, 1.54) is 5.57 Å². The first-order valence-corrected chi connectivity index (χ1v) is 12.5. The van der Waals surface area contributed by atoms with Gasteiger partial charge in [0, 0.05) is 19.6 Å². The maximum atomic E-state index is 6.72. The van der Waals surface area contributed by atoms with Crippen LogP contribution in [0.3, 0.4) is 0 Å². The zero-order chi connectivity index (χ0) is 20.5. The third-order valence-electron chi connectivity index (χ3n) is 5.14. The van der Waals surface area contributed by atoms with Gasteiger partial charge in [0.15, 0.2) is 8.32 Å². The lowest BCUT2D eigenvalue weighted by molar-refractivity contribution is 0.00581. The van der Waals surface area contributed by atoms with Crippen LogP contribution in [0.4, 0.5) is 0 Å². The summed E-state index contributed by atoms with van der Waals surface area (Å²) in [7, 11) is 3.91. The minimum absolute atomic E-state index is 0.0462. The number of rotatable bonds is 12. The van der Waals surface area contributed by atoms with Crippen LogP contribution >= 0.6 is 0 Å². The first-order chi connectivity index (χ1) is 11.9. The Hall–Kier alpha value is -0.463. The summed E-state index contributed by atoms with van der Waals surface area (Å²) in [4.78, 5) is 2.12. The summed E-state index contributed by atoms with van der Waals surface area (Å²) in [5, 5.41) is 0.151. The highest BCUT2D eigenvalue weighted by Gasteiger charge is 2.41. The van der Waals surface area contributed by atoms with Crippen molar-refractivity contribution in [3.05, 3.63) is 24.3 Å². The number of nitrogens with zero attached hydrogens (tertiary/aromatic N) is 1. The third kappa shape index (κ3) is 8.96. The van der Waals surface area contributed by atoms with E-state index in [4.69, 9.17) is 13.9 Å². The summed E-state index contributed by atoms with van der Waals surface area (Å²) in [6, 6.07) is 0. The Bertz CT molecular complexity index is 441. The SMILES string of the molecule is C=C[C@H](OC)[C@@H](O[Si](C)(C)C(C)(C)C)[C@H](C)/C=C(/C)COCCN(C)C. The van der Waals surface area contributed by atoms with Gasteiger partial charge >= 0.3 is 0 Å². The van der Waals surface area contributed by atoms with E-state index in [1.807, 2.05) is 6.08 Å². The summed E-state index contributed by atoms with van der Waals surface area (Å²) < 4.78 is 18.1. The second-order valence-corrected chi connectivity index (χ2v) is 13.8. The summed E-state index contributed by atoms with van der Waals surface area (Å²) in [5.74, 6) is 0.213. The topological polar surface area (TPSA) is 30.9 Å². The molecular weight excluding hydrogens is 342 g/mol. The molecule has 5 heteroatoms. The fraction of sp³-hybridized carbons (Fsp3) is 0.810. The van der Waals surface area contributed by atoms with Crippen LogP contribution in [0.2, 0.25) is 18.1 Å². The molecule has 0 rings (SSSR count). The highest BCUT2D eigenvalue weighted by molar-refractivity contribution is 6.74. The molecule has 0 aromatic rings. The molecule has 0 aliphatic rings. The van der Waals surface area contributed by atoms with E-state index in [0.29, 0.717) is 6.61 Å². The Balaban J connectivity index is 5.13. The summed E-state index contributed by atoms with van der Waals surface area (Å²) in [6.07, 6.45) is 3.93. The molecule has 0 saturated carbocycles. The monoisotopic (exact) mass is 385 g/mol. The average molecular weight is 386 g/mol. The van der Waals surface area contributed by atoms with Crippen LogP contribution in [0.1, 0.15) is 34.6 Å². The van der Waals surface area contributed by atoms with Crippen LogP contribution in [0, 0.1) is 5.92 Å². The molecule has 0 aliphatic heterocycles. The van der Waals surface area contributed by atoms with E-state index >= 15 is 0 Å². The Morgan fingerprint density at radius 1 is 1.23 bits per heavy atom. The van der Waals surface area contributed by atoms with Gasteiger partial charge in [-0.25, -0.2) is 0 Å². The Morgan fingerprint density at radius 3 is 2.23 bits per heavy atom. The molecule has 0 fully saturated rings. The van der Waals surface area contributed by atoms with Gasteiger partial charge < -0.3 is 18.8 Å². The van der Waals surface area contributed by atoms with E-state index in [0.717, 1.165) is 13.2 Å². The van der Waals surface area contributed by atoms with Gasteiger partial charge in [0.1, 0.15) is 6.10 Å². The van der Waals surface area contributed by atoms with Gasteiger partial charge in [-0.15, -0.1) is 6.58 Å². The number of methoxy groups -OCH3 is 1. The van der Waals surface area contributed by atoms with Crippen molar-refractivity contribution in [1.82, 2.24) is 4.90 Å². The zero-order valence-corrected chi connectivity index (χ0v) is 19.9. The van der Waals surface area contributed by atoms with Gasteiger partial charge in [0.2, 0.25) is 0 Å². The number of hydrogen-bond acceptors (Lipinski definition) is 4. The molecule has 4 nitrogen and oxygen atoms in total. The molecule has 0 N–H and O–H groups in total. The van der Waals surface area contributed by atoms with Crippen LogP contribution in [0.15, 0.2) is 24.3 Å². The summed E-state index contributed by atoms with van der Waals surface area (Å²) in [6.45, 7) is 21.9. The van der Waals surface area contributed by atoms with E-state index in [2.05, 4.69) is 79.4 Å². The normalized spacial score (nSPS) is 17.3. The maximum Gasteiger partial charge on any atom is 0.192 e. The molecule has 0 aromatic heterocycles. The number of ether oxygens (including phenoxy) is 2. The van der Waals surface area contributed by atoms with Crippen molar-refractivity contribution in [3.8, 4) is 0 Å². The van der Waals surface area contributed by atoms with Gasteiger partial charge in [0.25, 0.3) is 0 Å². The van der Waals surface area contributed by atoms with Gasteiger partial charge in [-0.05, 0) is 39.2 Å². The fourth-order valence-corrected chi connectivity index (χ4v) is 3.81. The lowest BCUT2D eigenvalue weighted by atomic mass is 9.97. The van der Waals surface area contributed by atoms with Crippen LogP contribution < -0.4 is 0 Å². The molecule has 0 aromatic carbocycles. The highest BCUT2D eigenvalue weighted by atomic mass is 28.4. The molecule has 0 radical (unpaired) electrons. The predicted octanol–water partition coefficient (Wildman–Crippen LogP) is 4.74. The van der Waals surface area contributed by atoms with Crippen molar-refractivity contribution in [3.63, 3.8) is 0 Å². The van der Waals surface area contributed by atoms with Crippen molar-refractivity contribution < 1.29 is 13.9 Å². The zero-order valence-electron chi connectivity index (χ0n) is 18.9. The van der Waals surface area contributed by atoms with Crippen LogP contribution in [-0.4, -0.2) is 66.4 Å². The Morgan fingerprint density at radius 2 is 1.81 bits per heavy atom. The van der Waals surface area contributed by atoms with Crippen molar-refractivity contribution >= 4 is 8.32 Å². The summed E-state index contributed by atoms with van der Waals surface area (Å²) >= 11 is 0. The minimum atomic E-state index is -1.91. The van der Waals surface area contributed by atoms with Crippen molar-refractivity contribution in [2.75, 3.05) is 41.0 Å². The van der Waals surface area contributed by atoms with Crippen LogP contribution in [-0.2, 0) is 13.9 Å². The summed E-state index contributed by atoms with van der Waals surface area (Å²) in [5.41, 5.74) is 1.22. The van der Waals surface area contributed by atoms with Crippen molar-refractivity contribution in [1.29, 1.82) is 0 Å². The molecule has 26 heavy (non-hydrogen) atoms. The third-order valence-corrected chi connectivity index (χ3v) is 9.62.